The Hall–Kier alpha value is -12.5. The van der Waals surface area contributed by atoms with Gasteiger partial charge in [-0.2, -0.15) is 0 Å². The van der Waals surface area contributed by atoms with Crippen LogP contribution in [0, 0.1) is 5.92 Å². The van der Waals surface area contributed by atoms with Crippen LogP contribution in [-0.2, 0) is 102 Å². The number of aliphatic hydroxyl groups excluding tert-OH is 1. The lowest BCUT2D eigenvalue weighted by Crippen LogP contribution is -2.62. The number of aliphatic carboxylic acids is 3. The van der Waals surface area contributed by atoms with Gasteiger partial charge >= 0.3 is 23.9 Å². The number of aliphatic hydroxyl groups is 1. The second-order valence-corrected chi connectivity index (χ2v) is 27.5. The summed E-state index contributed by atoms with van der Waals surface area (Å²) in [5.74, 6) is -28.5. The van der Waals surface area contributed by atoms with Crippen molar-refractivity contribution >= 4 is 135 Å². The first-order valence-electron chi connectivity index (χ1n) is 36.8. The third kappa shape index (κ3) is 29.0. The summed E-state index contributed by atoms with van der Waals surface area (Å²) < 4.78 is 5.69. The summed E-state index contributed by atoms with van der Waals surface area (Å²) >= 11 is 0. The maximum atomic E-state index is 14.8. The number of fused-ring (bicyclic) bond motifs is 3. The number of Topliss-reactive ketones (excluding diaryl/α,β-unsaturated/α-hetero) is 1. The highest BCUT2D eigenvalue weighted by molar-refractivity contribution is 6.10. The van der Waals surface area contributed by atoms with Crippen molar-refractivity contribution in [3.05, 3.63) is 65.9 Å². The maximum absolute atomic E-state index is 14.8. The first-order valence-corrected chi connectivity index (χ1v) is 36.8. The van der Waals surface area contributed by atoms with E-state index in [9.17, 15) is 116 Å². The number of cyclic esters (lactones) is 1. The third-order valence-electron chi connectivity index (χ3n) is 18.3. The van der Waals surface area contributed by atoms with Crippen LogP contribution in [0.3, 0.4) is 0 Å². The van der Waals surface area contributed by atoms with E-state index in [1.807, 2.05) is 5.32 Å². The lowest BCUT2D eigenvalue weighted by Gasteiger charge is -2.30. The van der Waals surface area contributed by atoms with Gasteiger partial charge in [0.15, 0.2) is 5.78 Å². The summed E-state index contributed by atoms with van der Waals surface area (Å²) in [5, 5.41) is 67.5. The molecule has 0 unspecified atom stereocenters. The Labute approximate surface area is 651 Å². The number of carboxylic acids is 3. The molecule has 2 bridgehead atoms. The number of aromatic nitrogens is 1. The van der Waals surface area contributed by atoms with Crippen molar-refractivity contribution in [2.24, 2.45) is 17.4 Å². The van der Waals surface area contributed by atoms with Gasteiger partial charge in [-0.3, -0.25) is 96.0 Å². The number of para-hydroxylation sites is 2. The van der Waals surface area contributed by atoms with E-state index < -0.39 is 255 Å². The zero-order chi connectivity index (χ0) is 84.6. The highest BCUT2D eigenvalue weighted by Gasteiger charge is 2.44. The van der Waals surface area contributed by atoms with Crippen LogP contribution in [0.15, 0.2) is 54.7 Å². The van der Waals surface area contributed by atoms with Gasteiger partial charge in [-0.05, 0) is 69.3 Å². The number of imide groups is 1. The fourth-order valence-corrected chi connectivity index (χ4v) is 12.2. The van der Waals surface area contributed by atoms with Crippen LogP contribution in [0.4, 0.5) is 5.69 Å². The molecule has 2 aliphatic heterocycles. The molecule has 5 rings (SSSR count). The number of carbonyl (C=O) groups is 20. The molecular weight excluding hydrogens is 1500 g/mol. The molecule has 3 heterocycles. The maximum Gasteiger partial charge on any atom is 0.329 e. The van der Waals surface area contributed by atoms with Crippen LogP contribution in [0.1, 0.15) is 146 Å². The van der Waals surface area contributed by atoms with Crippen LogP contribution in [0.25, 0.3) is 10.9 Å². The van der Waals surface area contributed by atoms with E-state index in [2.05, 4.69) is 70.4 Å². The van der Waals surface area contributed by atoms with E-state index in [1.165, 1.54) is 24.3 Å². The van der Waals surface area contributed by atoms with Crippen molar-refractivity contribution in [1.82, 2.24) is 73.7 Å². The van der Waals surface area contributed by atoms with E-state index in [-0.39, 0.29) is 43.5 Å². The number of carboxylic acid groups (broad SMARTS) is 3. The predicted octanol–water partition coefficient (Wildman–Crippen LogP) is -5.45. The number of anilines is 1. The second kappa shape index (κ2) is 45.1. The Morgan fingerprint density at radius 2 is 1.22 bits per heavy atom. The van der Waals surface area contributed by atoms with E-state index in [0.29, 0.717) is 34.2 Å². The average molecular weight is 1600 g/mol. The minimum absolute atomic E-state index is 0.0141. The molecule has 0 aliphatic carbocycles. The number of nitrogens with two attached hydrogens (primary N) is 3. The topological polar surface area (TPSA) is 673 Å². The Morgan fingerprint density at radius 1 is 0.614 bits per heavy atom. The van der Waals surface area contributed by atoms with Crippen LogP contribution in [0.2, 0.25) is 0 Å². The van der Waals surface area contributed by atoms with Gasteiger partial charge in [0.25, 0.3) is 5.91 Å². The molecule has 13 atom stereocenters. The Balaban J connectivity index is 1.59. The van der Waals surface area contributed by atoms with Gasteiger partial charge in [-0.1, -0.05) is 82.7 Å². The highest BCUT2D eigenvalue weighted by atomic mass is 16.5. The van der Waals surface area contributed by atoms with Crippen molar-refractivity contribution in [3.63, 3.8) is 0 Å². The van der Waals surface area contributed by atoms with Gasteiger partial charge in [-0.15, -0.1) is 0 Å². The summed E-state index contributed by atoms with van der Waals surface area (Å²) in [6.45, 7) is 1.23. The summed E-state index contributed by atoms with van der Waals surface area (Å²) in [5.41, 5.74) is 18.1. The normalized spacial score (nSPS) is 21.8. The zero-order valence-corrected chi connectivity index (χ0v) is 63.1. The second-order valence-electron chi connectivity index (χ2n) is 27.5. The van der Waals surface area contributed by atoms with Gasteiger partial charge in [0.2, 0.25) is 82.7 Å². The summed E-state index contributed by atoms with van der Waals surface area (Å²) in [4.78, 5) is 278. The number of rotatable bonds is 33. The van der Waals surface area contributed by atoms with Crippen molar-refractivity contribution in [2.75, 3.05) is 32.0 Å². The lowest BCUT2D eigenvalue weighted by molar-refractivity contribution is -0.156. The minimum Gasteiger partial charge on any atom is -0.481 e. The minimum atomic E-state index is -2.44. The van der Waals surface area contributed by atoms with Gasteiger partial charge < -0.3 is 111 Å². The highest BCUT2D eigenvalue weighted by Crippen LogP contribution is 2.22. The summed E-state index contributed by atoms with van der Waals surface area (Å²) in [6.07, 6.45) is -1.75. The Kier molecular flexibility index (Phi) is 36.5. The SMILES string of the molecule is CCCCCCCCCC(=O)N[C@H](Cc1c[nH]c2ccccc12)C(=O)N[C@H](CC(N)=O)C(=O)N[C@H](CC(=O)O)C(=O)N[C@@H]1C(=O)NCC(=O)N[C@@H](CCCN)C(=O)N[C@@H](CC(=O)O)C(=O)N[C@H](C)C(=O)N[C@H]2CC(=O)N(CC(=O)N[C@H](CO)C(=O)N[C@@H]([C@H](C)CC(=O)O)C(=O)N[C@@H](CC(=O)c3ccccc3N)C(=O)O[C@@H]1C)C2=O. The molecule has 2 aromatic carbocycles. The molecule has 1 aromatic heterocycles. The van der Waals surface area contributed by atoms with Crippen LogP contribution < -0.4 is 81.0 Å². The largest absolute Gasteiger partial charge is 0.481 e. The quantitative estimate of drug-likeness (QED) is 0.00889. The monoisotopic (exact) mass is 1600 g/mol. The molecule has 2 saturated heterocycles. The number of hydrogen-bond donors (Lipinski definition) is 20. The zero-order valence-electron chi connectivity index (χ0n) is 63.1. The first-order chi connectivity index (χ1) is 53.9. The number of esters is 1. The van der Waals surface area contributed by atoms with Crippen molar-refractivity contribution < 1.29 is 121 Å². The number of amides is 15. The van der Waals surface area contributed by atoms with Gasteiger partial charge in [0.1, 0.15) is 79.1 Å². The number of nitrogen functional groups attached to an aromatic ring is 1. The third-order valence-corrected chi connectivity index (χ3v) is 18.3. The number of H-pyrrole nitrogens is 1. The number of carbonyl (C=O) groups excluding carboxylic acids is 17. The van der Waals surface area contributed by atoms with Gasteiger partial charge in [-0.25, -0.2) is 4.79 Å². The van der Waals surface area contributed by atoms with Crippen LogP contribution in [0.5, 0.6) is 0 Å². The molecule has 42 nitrogen and oxygen atoms in total. The van der Waals surface area contributed by atoms with E-state index in [1.54, 1.807) is 30.5 Å². The molecular formula is C72H99N17O25. The fraction of sp³-hybridized carbons (Fsp3) is 0.528. The average Bonchev–Trinajstić information content (AvgIpc) is 1.73. The number of hydrogen-bond acceptors (Lipinski definition) is 24. The molecule has 622 valence electrons. The van der Waals surface area contributed by atoms with Crippen molar-refractivity contribution in [3.8, 4) is 0 Å². The molecule has 23 N–H and O–H groups in total. The molecule has 2 fully saturated rings. The number of primary amides is 1. The molecule has 0 radical (unpaired) electrons. The molecule has 0 saturated carbocycles. The molecule has 42 heteroatoms. The van der Waals surface area contributed by atoms with E-state index in [4.69, 9.17) is 21.9 Å². The molecule has 114 heavy (non-hydrogen) atoms. The van der Waals surface area contributed by atoms with Crippen molar-refractivity contribution in [2.45, 2.75) is 209 Å². The fourth-order valence-electron chi connectivity index (χ4n) is 12.2. The van der Waals surface area contributed by atoms with E-state index in [0.717, 1.165) is 52.9 Å². The molecule has 2 aliphatic rings. The van der Waals surface area contributed by atoms with Gasteiger partial charge in [0.05, 0.1) is 45.3 Å². The van der Waals surface area contributed by atoms with Crippen LogP contribution in [-0.4, -0.2) is 247 Å². The Bertz CT molecular complexity index is 4080. The number of aromatic amines is 1. The number of nitrogens with zero attached hydrogens (tertiary/aromatic N) is 1. The van der Waals surface area contributed by atoms with E-state index >= 15 is 0 Å². The lowest BCUT2D eigenvalue weighted by atomic mass is 9.96. The number of benzene rings is 2. The predicted molar refractivity (Wildman–Crippen MR) is 396 cm³/mol. The molecule has 15 amide bonds. The number of unbranched alkanes of at least 4 members (excludes halogenated alkanes) is 6. The summed E-state index contributed by atoms with van der Waals surface area (Å²) in [7, 11) is 0. The number of nitrogens with one attached hydrogen (secondary N) is 13. The summed E-state index contributed by atoms with van der Waals surface area (Å²) in [6, 6.07) is -9.90. The standard InChI is InChI=1S/C72H99N17O25/c1-5-6-7-8-9-10-11-22-53(93)80-44(25-38-31-76-42-20-15-13-17-39(38)42)65(106)82-45(27-52(75)92)66(107)84-47(30-59(101)102)67(108)88-61-37(4)114-72(113)49(26-51(91)40-18-12-14-19-41(40)74)86-70(111)60(35(2)24-57(97)98)87-68(109)50(34-90)81-55(95)33-89-56(96)28-48(71(89)112)85-62(103)36(3)78-64(105)46(29-58(99)100)83-63(104)43(21-16-23-73)79-54(94)32-77-69(61)110/h12-15,17-20,31,35-37,43-50,60-61,76,90H,5-11,16,21-30,32-34,73-74H2,1-4H3,(H2,75,92)(H,77,110)(H,78,105)(H,79,94)(H,80,93)(H,81,95)(H,82,106)(H,83,104)(H,84,107)(H,85,103)(H,86,111)(H,87,109)(H,88,108)(H,97,98)(H,99,100)(H,101,102)/t35-,36-,37-,43+,44-,45-,46+,47-,48+,49+,50-,60+,61+/m1/s1. The number of ketones is 1. The molecule has 3 aromatic rings. The smallest absolute Gasteiger partial charge is 0.329 e. The van der Waals surface area contributed by atoms with Gasteiger partial charge in [0, 0.05) is 47.6 Å². The van der Waals surface area contributed by atoms with Crippen molar-refractivity contribution in [1.29, 1.82) is 0 Å². The Morgan fingerprint density at radius 3 is 1.86 bits per heavy atom. The molecule has 0 spiro atoms. The number of ether oxygens (including phenoxy) is 1. The van der Waals surface area contributed by atoms with Crippen LogP contribution >= 0.6 is 0 Å². The first kappa shape index (κ1) is 92.1.